The summed E-state index contributed by atoms with van der Waals surface area (Å²) < 4.78 is 10.3. The van der Waals surface area contributed by atoms with Crippen LogP contribution in [0.25, 0.3) is 0 Å². The van der Waals surface area contributed by atoms with Gasteiger partial charge in [-0.05, 0) is 13.0 Å². The summed E-state index contributed by atoms with van der Waals surface area (Å²) >= 11 is 0. The molecule has 0 radical (unpaired) electrons. The number of hydrogen-bond donors (Lipinski definition) is 1. The first-order chi connectivity index (χ1) is 7.22. The summed E-state index contributed by atoms with van der Waals surface area (Å²) in [6, 6.07) is 1.67. The summed E-state index contributed by atoms with van der Waals surface area (Å²) in [5, 5.41) is 2.67. The second-order valence-electron chi connectivity index (χ2n) is 3.38. The van der Waals surface area contributed by atoms with Crippen LogP contribution in [0.3, 0.4) is 0 Å². The van der Waals surface area contributed by atoms with Gasteiger partial charge in [0.15, 0.2) is 6.10 Å². The standard InChI is InChI=1S/C10H12N2O3/c1-6-9(15-10(13)12-6)7-5-11-4-3-8(7)14-2/h3-6,9H,1-2H3,(H,12,13)/t6-,9?/m1/s1. The van der Waals surface area contributed by atoms with Crippen LogP contribution in [0, 0.1) is 0 Å². The SMILES string of the molecule is COc1ccncc1C1OC(=O)N[C@@H]1C. The van der Waals surface area contributed by atoms with Crippen molar-refractivity contribution in [3.05, 3.63) is 24.0 Å². The molecular formula is C10H12N2O3. The monoisotopic (exact) mass is 208 g/mol. The number of ether oxygens (including phenoxy) is 2. The average Bonchev–Trinajstić information content (AvgIpc) is 2.57. The number of alkyl carbamates (subject to hydrolysis) is 1. The van der Waals surface area contributed by atoms with Crippen molar-refractivity contribution in [1.82, 2.24) is 10.3 Å². The molecule has 2 rings (SSSR count). The first-order valence-corrected chi connectivity index (χ1v) is 4.67. The molecule has 5 nitrogen and oxygen atoms in total. The lowest BCUT2D eigenvalue weighted by Gasteiger charge is -2.15. The lowest BCUT2D eigenvalue weighted by Crippen LogP contribution is -2.24. The van der Waals surface area contributed by atoms with E-state index in [4.69, 9.17) is 9.47 Å². The highest BCUT2D eigenvalue weighted by Gasteiger charge is 2.33. The number of aromatic nitrogens is 1. The minimum atomic E-state index is -0.404. The fourth-order valence-electron chi connectivity index (χ4n) is 1.64. The van der Waals surface area contributed by atoms with E-state index >= 15 is 0 Å². The highest BCUT2D eigenvalue weighted by Crippen LogP contribution is 2.31. The van der Waals surface area contributed by atoms with Crippen molar-refractivity contribution >= 4 is 6.09 Å². The Morgan fingerprint density at radius 1 is 1.60 bits per heavy atom. The van der Waals surface area contributed by atoms with Gasteiger partial charge < -0.3 is 14.8 Å². The number of methoxy groups -OCH3 is 1. The molecule has 1 N–H and O–H groups in total. The molecule has 5 heteroatoms. The van der Waals surface area contributed by atoms with Crippen LogP contribution in [0.15, 0.2) is 18.5 Å². The summed E-state index contributed by atoms with van der Waals surface area (Å²) in [4.78, 5) is 15.0. The number of carbonyl (C=O) groups is 1. The third-order valence-corrected chi connectivity index (χ3v) is 2.37. The van der Waals surface area contributed by atoms with Crippen LogP contribution in [0.1, 0.15) is 18.6 Å². The van der Waals surface area contributed by atoms with Gasteiger partial charge in [0.05, 0.1) is 18.7 Å². The van der Waals surface area contributed by atoms with Crippen LogP contribution in [0.2, 0.25) is 0 Å². The maximum atomic E-state index is 11.0. The van der Waals surface area contributed by atoms with Gasteiger partial charge in [0.25, 0.3) is 0 Å². The zero-order valence-electron chi connectivity index (χ0n) is 8.56. The topological polar surface area (TPSA) is 60.5 Å². The van der Waals surface area contributed by atoms with Gasteiger partial charge in [-0.2, -0.15) is 0 Å². The molecular weight excluding hydrogens is 196 g/mol. The molecule has 1 unspecified atom stereocenters. The molecule has 0 bridgehead atoms. The van der Waals surface area contributed by atoms with Gasteiger partial charge in [-0.15, -0.1) is 0 Å². The van der Waals surface area contributed by atoms with Gasteiger partial charge in [-0.25, -0.2) is 4.79 Å². The number of pyridine rings is 1. The first kappa shape index (κ1) is 9.76. The number of nitrogens with one attached hydrogen (secondary N) is 1. The predicted octanol–water partition coefficient (Wildman–Crippen LogP) is 1.26. The van der Waals surface area contributed by atoms with E-state index in [1.165, 1.54) is 0 Å². The van der Waals surface area contributed by atoms with E-state index in [1.54, 1.807) is 25.6 Å². The number of cyclic esters (lactones) is 1. The lowest BCUT2D eigenvalue weighted by atomic mass is 10.1. The van der Waals surface area contributed by atoms with Crippen LogP contribution < -0.4 is 10.1 Å². The van der Waals surface area contributed by atoms with Crippen LogP contribution in [0.5, 0.6) is 5.75 Å². The van der Waals surface area contributed by atoms with Gasteiger partial charge in [0, 0.05) is 12.4 Å². The maximum absolute atomic E-state index is 11.0. The van der Waals surface area contributed by atoms with E-state index in [2.05, 4.69) is 10.3 Å². The fourth-order valence-corrected chi connectivity index (χ4v) is 1.64. The third kappa shape index (κ3) is 1.72. The fraction of sp³-hybridized carbons (Fsp3) is 0.400. The molecule has 2 heterocycles. The summed E-state index contributed by atoms with van der Waals surface area (Å²) in [6.07, 6.45) is 2.55. The molecule has 1 saturated heterocycles. The van der Waals surface area contributed by atoms with Gasteiger partial charge in [-0.3, -0.25) is 4.98 Å². The number of amides is 1. The van der Waals surface area contributed by atoms with Gasteiger partial charge >= 0.3 is 6.09 Å². The van der Waals surface area contributed by atoms with Crippen molar-refractivity contribution in [3.63, 3.8) is 0 Å². The molecule has 80 valence electrons. The van der Waals surface area contributed by atoms with Crippen LogP contribution in [0.4, 0.5) is 4.79 Å². The quantitative estimate of drug-likeness (QED) is 0.794. The Labute approximate surface area is 87.4 Å². The predicted molar refractivity (Wildman–Crippen MR) is 52.6 cm³/mol. The van der Waals surface area contributed by atoms with Crippen LogP contribution in [-0.4, -0.2) is 24.2 Å². The van der Waals surface area contributed by atoms with Crippen molar-refractivity contribution < 1.29 is 14.3 Å². The number of hydrogen-bond acceptors (Lipinski definition) is 4. The smallest absolute Gasteiger partial charge is 0.408 e. The summed E-state index contributed by atoms with van der Waals surface area (Å²) in [5.41, 5.74) is 0.783. The molecule has 15 heavy (non-hydrogen) atoms. The largest absolute Gasteiger partial charge is 0.496 e. The third-order valence-electron chi connectivity index (χ3n) is 2.37. The normalized spacial score (nSPS) is 24.5. The minimum Gasteiger partial charge on any atom is -0.496 e. The van der Waals surface area contributed by atoms with Crippen molar-refractivity contribution in [2.45, 2.75) is 19.1 Å². The molecule has 1 aliphatic heterocycles. The van der Waals surface area contributed by atoms with Crippen LogP contribution >= 0.6 is 0 Å². The Hall–Kier alpha value is -1.78. The Morgan fingerprint density at radius 3 is 3.00 bits per heavy atom. The van der Waals surface area contributed by atoms with Crippen LogP contribution in [-0.2, 0) is 4.74 Å². The molecule has 0 aromatic carbocycles. The molecule has 1 fully saturated rings. The van der Waals surface area contributed by atoms with E-state index in [0.29, 0.717) is 5.75 Å². The second-order valence-corrected chi connectivity index (χ2v) is 3.38. The second kappa shape index (κ2) is 3.76. The van der Waals surface area contributed by atoms with Gasteiger partial charge in [0.2, 0.25) is 0 Å². The number of carbonyl (C=O) groups excluding carboxylic acids is 1. The highest BCUT2D eigenvalue weighted by molar-refractivity contribution is 5.70. The van der Waals surface area contributed by atoms with Crippen molar-refractivity contribution in [2.75, 3.05) is 7.11 Å². The summed E-state index contributed by atoms with van der Waals surface area (Å²) in [7, 11) is 1.58. The summed E-state index contributed by atoms with van der Waals surface area (Å²) in [6.45, 7) is 1.88. The molecule has 0 saturated carbocycles. The van der Waals surface area contributed by atoms with Gasteiger partial charge in [0.1, 0.15) is 5.75 Å². The molecule has 2 atom stereocenters. The minimum absolute atomic E-state index is 0.0735. The highest BCUT2D eigenvalue weighted by atomic mass is 16.6. The van der Waals surface area contributed by atoms with E-state index < -0.39 is 6.09 Å². The van der Waals surface area contributed by atoms with E-state index in [9.17, 15) is 4.79 Å². The Bertz CT molecular complexity index is 381. The Morgan fingerprint density at radius 2 is 2.40 bits per heavy atom. The Kier molecular flexibility index (Phi) is 2.45. The number of nitrogens with zero attached hydrogens (tertiary/aromatic N) is 1. The lowest BCUT2D eigenvalue weighted by molar-refractivity contribution is 0.132. The number of rotatable bonds is 2. The zero-order chi connectivity index (χ0) is 10.8. The molecule has 1 aromatic heterocycles. The first-order valence-electron chi connectivity index (χ1n) is 4.67. The zero-order valence-corrected chi connectivity index (χ0v) is 8.56. The average molecular weight is 208 g/mol. The van der Waals surface area contributed by atoms with Crippen molar-refractivity contribution in [1.29, 1.82) is 0 Å². The Balaban J connectivity index is 2.32. The maximum Gasteiger partial charge on any atom is 0.408 e. The molecule has 1 amide bonds. The molecule has 0 spiro atoms. The molecule has 1 aliphatic rings. The van der Waals surface area contributed by atoms with E-state index in [1.807, 2.05) is 6.92 Å². The van der Waals surface area contributed by atoms with E-state index in [0.717, 1.165) is 5.56 Å². The van der Waals surface area contributed by atoms with Gasteiger partial charge in [-0.1, -0.05) is 0 Å². The summed E-state index contributed by atoms with van der Waals surface area (Å²) in [5.74, 6) is 0.679. The molecule has 1 aromatic rings. The van der Waals surface area contributed by atoms with E-state index in [-0.39, 0.29) is 12.1 Å². The molecule has 0 aliphatic carbocycles. The van der Waals surface area contributed by atoms with Crippen molar-refractivity contribution in [3.8, 4) is 5.75 Å². The van der Waals surface area contributed by atoms with Crippen molar-refractivity contribution in [2.24, 2.45) is 0 Å².